The molecule has 0 bridgehead atoms. The highest BCUT2D eigenvalue weighted by molar-refractivity contribution is 5.12. The van der Waals surface area contributed by atoms with Gasteiger partial charge in [-0.3, -0.25) is 0 Å². The lowest BCUT2D eigenvalue weighted by Crippen LogP contribution is -2.03. The molecule has 4 heteroatoms. The highest BCUT2D eigenvalue weighted by atomic mass is 16.5. The van der Waals surface area contributed by atoms with Crippen molar-refractivity contribution in [2.75, 3.05) is 26.4 Å². The van der Waals surface area contributed by atoms with E-state index >= 15 is 0 Å². The lowest BCUT2D eigenvalue weighted by atomic mass is 10.2. The Balaban J connectivity index is 0.000000265. The zero-order chi connectivity index (χ0) is 11.4. The summed E-state index contributed by atoms with van der Waals surface area (Å²) in [5.41, 5.74) is 0.965. The third kappa shape index (κ3) is 9.37. The Morgan fingerprint density at radius 3 is 1.73 bits per heavy atom. The minimum atomic E-state index is 0.0278. The number of benzene rings is 1. The van der Waals surface area contributed by atoms with E-state index in [1.807, 2.05) is 30.3 Å². The predicted octanol–water partition coefficient (Wildman–Crippen LogP) is 0.166. The van der Waals surface area contributed by atoms with E-state index in [2.05, 4.69) is 4.74 Å². The maximum atomic E-state index is 8.54. The summed E-state index contributed by atoms with van der Waals surface area (Å²) in [6, 6.07) is 9.52. The molecule has 0 spiro atoms. The molecular formula is C11H18O4. The molecule has 0 atom stereocenters. The quantitative estimate of drug-likeness (QED) is 0.611. The second kappa shape index (κ2) is 11.1. The zero-order valence-electron chi connectivity index (χ0n) is 8.67. The predicted molar refractivity (Wildman–Crippen MR) is 57.4 cm³/mol. The summed E-state index contributed by atoms with van der Waals surface area (Å²) in [4.78, 5) is 0. The van der Waals surface area contributed by atoms with Crippen molar-refractivity contribution in [3.05, 3.63) is 35.9 Å². The van der Waals surface area contributed by atoms with Crippen molar-refractivity contribution >= 4 is 0 Å². The highest BCUT2D eigenvalue weighted by Crippen LogP contribution is 1.95. The lowest BCUT2D eigenvalue weighted by Gasteiger charge is -1.94. The molecular weight excluding hydrogens is 196 g/mol. The molecule has 0 saturated carbocycles. The van der Waals surface area contributed by atoms with Crippen LogP contribution in [-0.4, -0.2) is 41.7 Å². The molecule has 0 amide bonds. The number of aliphatic hydroxyl groups is 3. The molecule has 1 aromatic carbocycles. The van der Waals surface area contributed by atoms with Crippen LogP contribution in [0.2, 0.25) is 0 Å². The van der Waals surface area contributed by atoms with Crippen LogP contribution in [0.5, 0.6) is 0 Å². The number of aliphatic hydroxyl groups excluding tert-OH is 3. The van der Waals surface area contributed by atoms with Crippen LogP contribution in [-0.2, 0) is 11.3 Å². The van der Waals surface area contributed by atoms with Gasteiger partial charge < -0.3 is 20.1 Å². The molecule has 1 rings (SSSR count). The minimum absolute atomic E-state index is 0.0278. The molecule has 0 aliphatic rings. The summed E-state index contributed by atoms with van der Waals surface area (Å²) in [7, 11) is 0. The van der Waals surface area contributed by atoms with Gasteiger partial charge in [-0.25, -0.2) is 0 Å². The Morgan fingerprint density at radius 2 is 1.40 bits per heavy atom. The normalized spacial score (nSPS) is 9.27. The van der Waals surface area contributed by atoms with E-state index < -0.39 is 0 Å². The van der Waals surface area contributed by atoms with E-state index in [4.69, 9.17) is 15.3 Å². The van der Waals surface area contributed by atoms with Gasteiger partial charge in [-0.15, -0.1) is 0 Å². The first-order valence-corrected chi connectivity index (χ1v) is 4.79. The number of hydrogen-bond donors (Lipinski definition) is 3. The summed E-state index contributed by atoms with van der Waals surface area (Å²) in [5.74, 6) is 0. The maximum Gasteiger partial charge on any atom is 0.0698 e. The minimum Gasteiger partial charge on any atom is -0.394 e. The second-order valence-corrected chi connectivity index (χ2v) is 2.70. The van der Waals surface area contributed by atoms with Gasteiger partial charge in [-0.05, 0) is 5.56 Å². The SMILES string of the molecule is OCCOCCO.OCc1ccccc1. The van der Waals surface area contributed by atoms with Gasteiger partial charge in [0.15, 0.2) is 0 Å². The van der Waals surface area contributed by atoms with E-state index in [1.54, 1.807) is 0 Å². The fourth-order valence-corrected chi connectivity index (χ4v) is 0.815. The molecule has 4 nitrogen and oxygen atoms in total. The van der Waals surface area contributed by atoms with Crippen LogP contribution in [0.4, 0.5) is 0 Å². The Labute approximate surface area is 89.8 Å². The first-order chi connectivity index (χ1) is 7.35. The number of ether oxygens (including phenoxy) is 1. The van der Waals surface area contributed by atoms with Gasteiger partial charge in [0.05, 0.1) is 33.0 Å². The van der Waals surface area contributed by atoms with Gasteiger partial charge in [0.25, 0.3) is 0 Å². The molecule has 0 fully saturated rings. The second-order valence-electron chi connectivity index (χ2n) is 2.70. The highest BCUT2D eigenvalue weighted by Gasteiger charge is 1.81. The van der Waals surface area contributed by atoms with E-state index in [0.717, 1.165) is 5.56 Å². The van der Waals surface area contributed by atoms with Crippen LogP contribution >= 0.6 is 0 Å². The Morgan fingerprint density at radius 1 is 0.867 bits per heavy atom. The van der Waals surface area contributed by atoms with Crippen molar-refractivity contribution in [2.24, 2.45) is 0 Å². The molecule has 1 aromatic rings. The van der Waals surface area contributed by atoms with Crippen LogP contribution in [0.15, 0.2) is 30.3 Å². The van der Waals surface area contributed by atoms with Gasteiger partial charge in [0.1, 0.15) is 0 Å². The van der Waals surface area contributed by atoms with Crippen LogP contribution in [0.25, 0.3) is 0 Å². The Bertz CT molecular complexity index is 209. The molecule has 0 aliphatic carbocycles. The van der Waals surface area contributed by atoms with Crippen LogP contribution in [0, 0.1) is 0 Å². The van der Waals surface area contributed by atoms with E-state index in [-0.39, 0.29) is 19.8 Å². The average molecular weight is 214 g/mol. The fourth-order valence-electron chi connectivity index (χ4n) is 0.815. The molecule has 0 radical (unpaired) electrons. The van der Waals surface area contributed by atoms with E-state index in [1.165, 1.54) is 0 Å². The van der Waals surface area contributed by atoms with Crippen molar-refractivity contribution in [3.63, 3.8) is 0 Å². The van der Waals surface area contributed by atoms with Gasteiger partial charge in [-0.2, -0.15) is 0 Å². The first kappa shape index (κ1) is 14.1. The Hall–Kier alpha value is -0.940. The molecule has 3 N–H and O–H groups in total. The topological polar surface area (TPSA) is 69.9 Å². The number of hydrogen-bond acceptors (Lipinski definition) is 4. The molecule has 0 saturated heterocycles. The monoisotopic (exact) mass is 214 g/mol. The van der Waals surface area contributed by atoms with Gasteiger partial charge in [-0.1, -0.05) is 30.3 Å². The van der Waals surface area contributed by atoms with Gasteiger partial charge in [0.2, 0.25) is 0 Å². The third-order valence-corrected chi connectivity index (χ3v) is 1.50. The molecule has 0 unspecified atom stereocenters. The molecule has 0 heterocycles. The fraction of sp³-hybridized carbons (Fsp3) is 0.455. The summed E-state index contributed by atoms with van der Waals surface area (Å²) in [6.45, 7) is 0.835. The smallest absolute Gasteiger partial charge is 0.0698 e. The van der Waals surface area contributed by atoms with Crippen LogP contribution in [0.3, 0.4) is 0 Å². The first-order valence-electron chi connectivity index (χ1n) is 4.79. The summed E-state index contributed by atoms with van der Waals surface area (Å²) < 4.78 is 4.63. The standard InChI is InChI=1S/C7H8O.C4H10O3/c8-6-7-4-2-1-3-5-7;5-1-3-7-4-2-6/h1-5,8H,6H2;5-6H,1-4H2. The Kier molecular flexibility index (Phi) is 10.4. The largest absolute Gasteiger partial charge is 0.394 e. The van der Waals surface area contributed by atoms with Gasteiger partial charge >= 0.3 is 0 Å². The maximum absolute atomic E-state index is 8.54. The van der Waals surface area contributed by atoms with Crippen molar-refractivity contribution in [2.45, 2.75) is 6.61 Å². The molecule has 0 aliphatic heterocycles. The summed E-state index contributed by atoms with van der Waals surface area (Å²) >= 11 is 0. The van der Waals surface area contributed by atoms with E-state index in [0.29, 0.717) is 13.2 Å². The zero-order valence-corrected chi connectivity index (χ0v) is 8.67. The lowest BCUT2D eigenvalue weighted by molar-refractivity contribution is 0.0650. The van der Waals surface area contributed by atoms with Gasteiger partial charge in [0, 0.05) is 0 Å². The van der Waals surface area contributed by atoms with Crippen molar-refractivity contribution < 1.29 is 20.1 Å². The van der Waals surface area contributed by atoms with Crippen molar-refractivity contribution in [1.82, 2.24) is 0 Å². The van der Waals surface area contributed by atoms with Crippen molar-refractivity contribution in [3.8, 4) is 0 Å². The molecule has 15 heavy (non-hydrogen) atoms. The van der Waals surface area contributed by atoms with Crippen molar-refractivity contribution in [1.29, 1.82) is 0 Å². The summed E-state index contributed by atoms with van der Waals surface area (Å²) in [5, 5.41) is 24.7. The molecule has 0 aromatic heterocycles. The average Bonchev–Trinajstić information content (AvgIpc) is 2.32. The molecule has 86 valence electrons. The third-order valence-electron chi connectivity index (χ3n) is 1.50. The number of rotatable bonds is 5. The van der Waals surface area contributed by atoms with Crippen LogP contribution < -0.4 is 0 Å². The summed E-state index contributed by atoms with van der Waals surface area (Å²) in [6.07, 6.45) is 0. The van der Waals surface area contributed by atoms with Crippen LogP contribution in [0.1, 0.15) is 5.56 Å². The van der Waals surface area contributed by atoms with E-state index in [9.17, 15) is 0 Å².